The maximum Gasteiger partial charge on any atom is 0.324 e. The van der Waals surface area contributed by atoms with Gasteiger partial charge in [0.25, 0.3) is 0 Å². The fraction of sp³-hybridized carbons (Fsp3) is 0.273. The van der Waals surface area contributed by atoms with Gasteiger partial charge in [0.1, 0.15) is 6.54 Å². The number of carbonyl (C=O) groups excluding carboxylic acids is 2. The van der Waals surface area contributed by atoms with Crippen LogP contribution in [0.25, 0.3) is 0 Å². The zero-order valence-corrected chi connectivity index (χ0v) is 10.7. The van der Waals surface area contributed by atoms with Crippen LogP contribution >= 0.6 is 23.2 Å². The fourth-order valence-corrected chi connectivity index (χ4v) is 2.24. The summed E-state index contributed by atoms with van der Waals surface area (Å²) in [5.41, 5.74) is 0.466. The first-order valence-electron chi connectivity index (χ1n) is 5.19. The van der Waals surface area contributed by atoms with Gasteiger partial charge in [-0.15, -0.1) is 0 Å². The lowest BCUT2D eigenvalue weighted by atomic mass is 10.1. The van der Waals surface area contributed by atoms with Crippen LogP contribution in [-0.2, 0) is 4.79 Å². The number of β-amino-alcohol motifs (C(OH)–C–C–N with tert-alkyl or cyclic N) is 1. The van der Waals surface area contributed by atoms with Gasteiger partial charge in [0.05, 0.1) is 12.6 Å². The number of carbonyl (C=O) groups is 2. The SMILES string of the molecule is O=C1CN(CC(O)c2ccc(Cl)cc2Cl)C(=O)N1. The summed E-state index contributed by atoms with van der Waals surface area (Å²) < 4.78 is 0. The molecule has 0 saturated carbocycles. The van der Waals surface area contributed by atoms with E-state index in [0.29, 0.717) is 15.6 Å². The molecule has 1 aliphatic rings. The molecule has 2 rings (SSSR count). The van der Waals surface area contributed by atoms with E-state index >= 15 is 0 Å². The predicted molar refractivity (Wildman–Crippen MR) is 66.5 cm³/mol. The van der Waals surface area contributed by atoms with E-state index in [1.807, 2.05) is 0 Å². The summed E-state index contributed by atoms with van der Waals surface area (Å²) >= 11 is 11.7. The number of halogens is 2. The molecule has 0 aromatic heterocycles. The lowest BCUT2D eigenvalue weighted by molar-refractivity contribution is -0.118. The number of rotatable bonds is 3. The molecule has 1 aliphatic heterocycles. The highest BCUT2D eigenvalue weighted by Gasteiger charge is 2.29. The second-order valence-electron chi connectivity index (χ2n) is 3.92. The smallest absolute Gasteiger partial charge is 0.324 e. The van der Waals surface area contributed by atoms with Gasteiger partial charge >= 0.3 is 6.03 Å². The second kappa shape index (κ2) is 5.14. The number of nitrogens with zero attached hydrogens (tertiary/aromatic N) is 1. The van der Waals surface area contributed by atoms with Gasteiger partial charge in [0.2, 0.25) is 5.91 Å². The summed E-state index contributed by atoms with van der Waals surface area (Å²) in [4.78, 5) is 23.5. The molecule has 7 heteroatoms. The minimum Gasteiger partial charge on any atom is -0.386 e. The molecule has 0 spiro atoms. The second-order valence-corrected chi connectivity index (χ2v) is 4.76. The Kier molecular flexibility index (Phi) is 3.75. The highest BCUT2D eigenvalue weighted by atomic mass is 35.5. The molecule has 1 saturated heterocycles. The molecule has 2 N–H and O–H groups in total. The molecule has 0 aliphatic carbocycles. The Hall–Kier alpha value is -1.30. The molecule has 1 atom stereocenters. The first kappa shape index (κ1) is 13.1. The minimum absolute atomic E-state index is 0.00107. The normalized spacial score (nSPS) is 16.9. The molecule has 96 valence electrons. The van der Waals surface area contributed by atoms with Crippen LogP contribution in [0, 0.1) is 0 Å². The molecule has 18 heavy (non-hydrogen) atoms. The van der Waals surface area contributed by atoms with Crippen molar-refractivity contribution in [1.29, 1.82) is 0 Å². The summed E-state index contributed by atoms with van der Waals surface area (Å²) in [5, 5.41) is 12.9. The fourth-order valence-electron chi connectivity index (χ4n) is 1.71. The summed E-state index contributed by atoms with van der Waals surface area (Å²) in [6.45, 7) is -0.0555. The Labute approximate surface area is 113 Å². The molecule has 5 nitrogen and oxygen atoms in total. The van der Waals surface area contributed by atoms with Crippen molar-refractivity contribution >= 4 is 35.1 Å². The number of amides is 3. The van der Waals surface area contributed by atoms with E-state index in [1.165, 1.54) is 11.0 Å². The van der Waals surface area contributed by atoms with Crippen LogP contribution in [0.4, 0.5) is 4.79 Å². The first-order chi connectivity index (χ1) is 8.47. The van der Waals surface area contributed by atoms with Crippen LogP contribution in [0.15, 0.2) is 18.2 Å². The van der Waals surface area contributed by atoms with E-state index in [9.17, 15) is 14.7 Å². The van der Waals surface area contributed by atoms with Crippen molar-refractivity contribution in [3.63, 3.8) is 0 Å². The van der Waals surface area contributed by atoms with Crippen molar-refractivity contribution in [1.82, 2.24) is 10.2 Å². The van der Waals surface area contributed by atoms with Gasteiger partial charge in [0, 0.05) is 15.6 Å². The van der Waals surface area contributed by atoms with Crippen LogP contribution in [0.3, 0.4) is 0 Å². The Morgan fingerprint density at radius 2 is 2.11 bits per heavy atom. The molecule has 0 bridgehead atoms. The van der Waals surface area contributed by atoms with E-state index in [4.69, 9.17) is 23.2 Å². The van der Waals surface area contributed by atoms with E-state index in [1.54, 1.807) is 12.1 Å². The molecule has 0 radical (unpaired) electrons. The van der Waals surface area contributed by atoms with Crippen LogP contribution < -0.4 is 5.32 Å². The van der Waals surface area contributed by atoms with Gasteiger partial charge in [-0.05, 0) is 12.1 Å². The van der Waals surface area contributed by atoms with Gasteiger partial charge in [-0.1, -0.05) is 29.3 Å². The monoisotopic (exact) mass is 288 g/mol. The number of benzene rings is 1. The third kappa shape index (κ3) is 2.75. The third-order valence-electron chi connectivity index (χ3n) is 2.58. The van der Waals surface area contributed by atoms with Crippen molar-refractivity contribution in [2.75, 3.05) is 13.1 Å². The predicted octanol–water partition coefficient (Wildman–Crippen LogP) is 1.58. The Morgan fingerprint density at radius 1 is 1.39 bits per heavy atom. The van der Waals surface area contributed by atoms with E-state index < -0.39 is 12.1 Å². The molecular weight excluding hydrogens is 279 g/mol. The van der Waals surface area contributed by atoms with Gasteiger partial charge in [-0.3, -0.25) is 10.1 Å². The topological polar surface area (TPSA) is 69.6 Å². The Morgan fingerprint density at radius 3 is 2.67 bits per heavy atom. The first-order valence-corrected chi connectivity index (χ1v) is 5.94. The Bertz CT molecular complexity index is 507. The average Bonchev–Trinajstić information content (AvgIpc) is 2.57. The van der Waals surface area contributed by atoms with Crippen molar-refractivity contribution < 1.29 is 14.7 Å². The van der Waals surface area contributed by atoms with Gasteiger partial charge in [-0.2, -0.15) is 0 Å². The number of hydrogen-bond acceptors (Lipinski definition) is 3. The van der Waals surface area contributed by atoms with Crippen molar-refractivity contribution in [3.05, 3.63) is 33.8 Å². The van der Waals surface area contributed by atoms with Gasteiger partial charge in [0.15, 0.2) is 0 Å². The third-order valence-corrected chi connectivity index (χ3v) is 3.15. The maximum absolute atomic E-state index is 11.3. The van der Waals surface area contributed by atoms with Crippen LogP contribution in [-0.4, -0.2) is 35.0 Å². The lowest BCUT2D eigenvalue weighted by Gasteiger charge is -2.19. The summed E-state index contributed by atoms with van der Waals surface area (Å²) in [5.74, 6) is -0.380. The lowest BCUT2D eigenvalue weighted by Crippen LogP contribution is -2.32. The van der Waals surface area contributed by atoms with E-state index in [-0.39, 0.29) is 19.0 Å². The molecule has 1 aromatic rings. The van der Waals surface area contributed by atoms with Crippen LogP contribution in [0.2, 0.25) is 10.0 Å². The largest absolute Gasteiger partial charge is 0.386 e. The zero-order valence-electron chi connectivity index (χ0n) is 9.19. The number of nitrogens with one attached hydrogen (secondary N) is 1. The van der Waals surface area contributed by atoms with Crippen molar-refractivity contribution in [2.24, 2.45) is 0 Å². The number of imide groups is 1. The number of aliphatic hydroxyl groups is 1. The highest BCUT2D eigenvalue weighted by molar-refractivity contribution is 6.35. The van der Waals surface area contributed by atoms with Crippen LogP contribution in [0.1, 0.15) is 11.7 Å². The molecule has 1 unspecified atom stereocenters. The number of urea groups is 1. The van der Waals surface area contributed by atoms with Crippen molar-refractivity contribution in [3.8, 4) is 0 Å². The number of hydrogen-bond donors (Lipinski definition) is 2. The van der Waals surface area contributed by atoms with Crippen LogP contribution in [0.5, 0.6) is 0 Å². The highest BCUT2D eigenvalue weighted by Crippen LogP contribution is 2.27. The molecule has 1 fully saturated rings. The zero-order chi connectivity index (χ0) is 13.3. The molecule has 1 heterocycles. The summed E-state index contributed by atoms with van der Waals surface area (Å²) in [6, 6.07) is 4.19. The maximum atomic E-state index is 11.3. The summed E-state index contributed by atoms with van der Waals surface area (Å²) in [7, 11) is 0. The standard InChI is InChI=1S/C11H10Cl2N2O3/c12-6-1-2-7(8(13)3-6)9(16)4-15-5-10(17)14-11(15)18/h1-3,9,16H,4-5H2,(H,14,17,18). The average molecular weight is 289 g/mol. The minimum atomic E-state index is -0.966. The van der Waals surface area contributed by atoms with Crippen molar-refractivity contribution in [2.45, 2.75) is 6.10 Å². The number of aliphatic hydroxyl groups excluding tert-OH is 1. The van der Waals surface area contributed by atoms with Gasteiger partial charge in [-0.25, -0.2) is 4.79 Å². The van der Waals surface area contributed by atoms with E-state index in [0.717, 1.165) is 0 Å². The van der Waals surface area contributed by atoms with Gasteiger partial charge < -0.3 is 10.0 Å². The quantitative estimate of drug-likeness (QED) is 0.830. The molecule has 1 aromatic carbocycles. The summed E-state index contributed by atoms with van der Waals surface area (Å²) in [6.07, 6.45) is -0.966. The molecular formula is C11H10Cl2N2O3. The Balaban J connectivity index is 2.10. The molecule has 3 amide bonds. The van der Waals surface area contributed by atoms with E-state index in [2.05, 4.69) is 5.32 Å².